The molecule has 3 aromatic heterocycles. The van der Waals surface area contributed by atoms with Crippen LogP contribution in [-0.2, 0) is 4.74 Å². The van der Waals surface area contributed by atoms with E-state index in [2.05, 4.69) is 19.9 Å². The second kappa shape index (κ2) is 6.01. The van der Waals surface area contributed by atoms with Gasteiger partial charge in [0.1, 0.15) is 24.1 Å². The van der Waals surface area contributed by atoms with Crippen molar-refractivity contribution in [1.29, 1.82) is 0 Å². The molecule has 4 heterocycles. The third kappa shape index (κ3) is 2.43. The Balaban J connectivity index is 1.96. The molecule has 0 unspecified atom stereocenters. The Labute approximate surface area is 140 Å². The zero-order chi connectivity index (χ0) is 17.6. The normalized spacial score (nSPS) is 26.4. The summed E-state index contributed by atoms with van der Waals surface area (Å²) in [5, 5.41) is 29.7. The third-order valence-electron chi connectivity index (χ3n) is 4.19. The Kier molecular flexibility index (Phi) is 3.81. The first-order valence-electron chi connectivity index (χ1n) is 7.60. The van der Waals surface area contributed by atoms with Gasteiger partial charge in [-0.25, -0.2) is 9.97 Å². The number of hydrogen-bond acceptors (Lipinski definition) is 8. The van der Waals surface area contributed by atoms with Crippen molar-refractivity contribution in [3.05, 3.63) is 41.2 Å². The molecule has 0 saturated carbocycles. The minimum atomic E-state index is -1.32. The highest BCUT2D eigenvalue weighted by atomic mass is 16.6. The van der Waals surface area contributed by atoms with Crippen LogP contribution in [0.2, 0.25) is 0 Å². The number of fused-ring (bicyclic) bond motifs is 1. The summed E-state index contributed by atoms with van der Waals surface area (Å²) in [5.41, 5.74) is 0.466. The lowest BCUT2D eigenvalue weighted by Gasteiger charge is -2.19. The number of hydrogen-bond donors (Lipinski definition) is 4. The van der Waals surface area contributed by atoms with Gasteiger partial charge in [-0.1, -0.05) is 0 Å². The summed E-state index contributed by atoms with van der Waals surface area (Å²) in [6.45, 7) is -0.458. The van der Waals surface area contributed by atoms with Crippen LogP contribution in [-0.4, -0.2) is 64.7 Å². The Morgan fingerprint density at radius 3 is 2.68 bits per heavy atom. The number of H-pyrrole nitrogens is 1. The number of aliphatic hydroxyl groups excluding tert-OH is 3. The predicted molar refractivity (Wildman–Crippen MR) is 84.4 cm³/mol. The van der Waals surface area contributed by atoms with Crippen LogP contribution in [0.15, 0.2) is 35.6 Å². The van der Waals surface area contributed by atoms with Crippen LogP contribution in [0.5, 0.6) is 0 Å². The molecule has 4 N–H and O–H groups in total. The van der Waals surface area contributed by atoms with Crippen molar-refractivity contribution in [2.45, 2.75) is 24.5 Å². The lowest BCUT2D eigenvalue weighted by atomic mass is 10.1. The maximum absolute atomic E-state index is 12.1. The standard InChI is InChI=1S/C15H15N5O5/c21-5-8-10(22)11(23)15(25-8)20-12(7-1-3-16-4-2-7)19-9-13(20)17-6-18-14(9)24/h1-4,6,8,10-11,15,21-23H,5H2,(H,17,18,24)/t8-,10-,11-,15-/m1/s1. The summed E-state index contributed by atoms with van der Waals surface area (Å²) in [7, 11) is 0. The highest BCUT2D eigenvalue weighted by molar-refractivity contribution is 5.76. The molecule has 0 aromatic carbocycles. The number of aromatic amines is 1. The Morgan fingerprint density at radius 2 is 2.00 bits per heavy atom. The zero-order valence-corrected chi connectivity index (χ0v) is 12.9. The maximum Gasteiger partial charge on any atom is 0.278 e. The van der Waals surface area contributed by atoms with Gasteiger partial charge in [0.2, 0.25) is 0 Å². The van der Waals surface area contributed by atoms with E-state index in [-0.39, 0.29) is 11.2 Å². The van der Waals surface area contributed by atoms with Crippen LogP contribution in [0.1, 0.15) is 6.23 Å². The monoisotopic (exact) mass is 345 g/mol. The molecule has 1 saturated heterocycles. The predicted octanol–water partition coefficient (Wildman–Crippen LogP) is -1.21. The van der Waals surface area contributed by atoms with Crippen molar-refractivity contribution in [2.24, 2.45) is 0 Å². The molecular formula is C15H15N5O5. The number of aliphatic hydroxyl groups is 3. The molecule has 10 nitrogen and oxygen atoms in total. The van der Waals surface area contributed by atoms with Gasteiger partial charge in [0.25, 0.3) is 5.56 Å². The summed E-state index contributed by atoms with van der Waals surface area (Å²) < 4.78 is 7.04. The molecule has 3 aromatic rings. The van der Waals surface area contributed by atoms with Crippen molar-refractivity contribution < 1.29 is 20.1 Å². The fourth-order valence-corrected chi connectivity index (χ4v) is 2.96. The van der Waals surface area contributed by atoms with Gasteiger partial charge in [0.15, 0.2) is 17.4 Å². The largest absolute Gasteiger partial charge is 0.394 e. The molecule has 0 spiro atoms. The molecule has 1 aliphatic rings. The first kappa shape index (κ1) is 15.8. The lowest BCUT2D eigenvalue weighted by Crippen LogP contribution is -2.33. The Bertz CT molecular complexity index is 956. The van der Waals surface area contributed by atoms with Crippen LogP contribution in [0, 0.1) is 0 Å². The quantitative estimate of drug-likeness (QED) is 0.462. The number of nitrogens with zero attached hydrogens (tertiary/aromatic N) is 4. The fourth-order valence-electron chi connectivity index (χ4n) is 2.96. The van der Waals surface area contributed by atoms with Crippen molar-refractivity contribution in [1.82, 2.24) is 24.5 Å². The molecule has 4 rings (SSSR count). The fraction of sp³-hybridized carbons (Fsp3) is 0.333. The molecule has 0 aliphatic carbocycles. The van der Waals surface area contributed by atoms with Gasteiger partial charge in [-0.15, -0.1) is 0 Å². The molecule has 10 heteroatoms. The first-order chi connectivity index (χ1) is 12.1. The van der Waals surface area contributed by atoms with Crippen LogP contribution in [0.25, 0.3) is 22.6 Å². The van der Waals surface area contributed by atoms with Gasteiger partial charge in [0.05, 0.1) is 12.9 Å². The van der Waals surface area contributed by atoms with Gasteiger partial charge in [-0.2, -0.15) is 0 Å². The van der Waals surface area contributed by atoms with Crippen LogP contribution >= 0.6 is 0 Å². The smallest absolute Gasteiger partial charge is 0.278 e. The van der Waals surface area contributed by atoms with E-state index in [9.17, 15) is 20.1 Å². The summed E-state index contributed by atoms with van der Waals surface area (Å²) in [6, 6.07) is 3.38. The van der Waals surface area contributed by atoms with Crippen LogP contribution < -0.4 is 5.56 Å². The topological polar surface area (TPSA) is 146 Å². The molecule has 4 atom stereocenters. The van der Waals surface area contributed by atoms with Gasteiger partial charge in [-0.3, -0.25) is 14.3 Å². The second-order valence-electron chi connectivity index (χ2n) is 5.67. The second-order valence-corrected chi connectivity index (χ2v) is 5.67. The van der Waals surface area contributed by atoms with E-state index in [1.807, 2.05) is 0 Å². The highest BCUT2D eigenvalue weighted by Gasteiger charge is 2.45. The number of nitrogens with one attached hydrogen (secondary N) is 1. The van der Waals surface area contributed by atoms with Crippen molar-refractivity contribution in [3.63, 3.8) is 0 Å². The van der Waals surface area contributed by atoms with E-state index in [1.165, 1.54) is 10.9 Å². The average molecular weight is 345 g/mol. The summed E-state index contributed by atoms with van der Waals surface area (Å²) in [6.07, 6.45) is -0.266. The molecule has 25 heavy (non-hydrogen) atoms. The molecular weight excluding hydrogens is 330 g/mol. The molecule has 130 valence electrons. The van der Waals surface area contributed by atoms with Gasteiger partial charge >= 0.3 is 0 Å². The minimum Gasteiger partial charge on any atom is -0.394 e. The van der Waals surface area contributed by atoms with Crippen molar-refractivity contribution in [2.75, 3.05) is 6.61 Å². The van der Waals surface area contributed by atoms with Gasteiger partial charge < -0.3 is 25.0 Å². The van der Waals surface area contributed by atoms with Crippen LogP contribution in [0.4, 0.5) is 0 Å². The van der Waals surface area contributed by atoms with Gasteiger partial charge in [0, 0.05) is 18.0 Å². The molecule has 0 bridgehead atoms. The van der Waals surface area contributed by atoms with E-state index in [0.717, 1.165) is 0 Å². The van der Waals surface area contributed by atoms with Crippen molar-refractivity contribution in [3.8, 4) is 11.4 Å². The number of imidazole rings is 1. The molecule has 0 amide bonds. The Morgan fingerprint density at radius 1 is 1.24 bits per heavy atom. The van der Waals surface area contributed by atoms with Crippen LogP contribution in [0.3, 0.4) is 0 Å². The highest BCUT2D eigenvalue weighted by Crippen LogP contribution is 2.34. The summed E-state index contributed by atoms with van der Waals surface area (Å²) in [5.74, 6) is 0.330. The lowest BCUT2D eigenvalue weighted by molar-refractivity contribution is -0.0503. The zero-order valence-electron chi connectivity index (χ0n) is 12.9. The third-order valence-corrected chi connectivity index (χ3v) is 4.19. The number of aromatic nitrogens is 5. The molecule has 1 fully saturated rings. The average Bonchev–Trinajstić information content (AvgIpc) is 3.15. The SMILES string of the molecule is O=c1[nH]cnc2c1nc(-c1ccncc1)n2[C@@H]1O[C@H](CO)[C@@H](O)[C@H]1O. The van der Waals surface area contributed by atoms with Gasteiger partial charge in [-0.05, 0) is 12.1 Å². The van der Waals surface area contributed by atoms with E-state index in [1.54, 1.807) is 24.5 Å². The first-order valence-corrected chi connectivity index (χ1v) is 7.60. The summed E-state index contributed by atoms with van der Waals surface area (Å²) in [4.78, 5) is 26.9. The summed E-state index contributed by atoms with van der Waals surface area (Å²) >= 11 is 0. The minimum absolute atomic E-state index is 0.0760. The van der Waals surface area contributed by atoms with E-state index in [0.29, 0.717) is 11.4 Å². The van der Waals surface area contributed by atoms with Crippen molar-refractivity contribution >= 4 is 11.2 Å². The van der Waals surface area contributed by atoms with E-state index < -0.39 is 36.7 Å². The Hall–Kier alpha value is -2.66. The van der Waals surface area contributed by atoms with E-state index in [4.69, 9.17) is 4.74 Å². The number of ether oxygens (including phenoxy) is 1. The number of rotatable bonds is 3. The maximum atomic E-state index is 12.1. The van der Waals surface area contributed by atoms with E-state index >= 15 is 0 Å². The molecule has 1 aliphatic heterocycles. The molecule has 0 radical (unpaired) electrons. The number of pyridine rings is 1.